The first kappa shape index (κ1) is 16.4. The predicted molar refractivity (Wildman–Crippen MR) is 96.2 cm³/mol. The van der Waals surface area contributed by atoms with Crippen molar-refractivity contribution in [3.05, 3.63) is 59.1 Å². The van der Waals surface area contributed by atoms with Gasteiger partial charge in [0.25, 0.3) is 0 Å². The zero-order chi connectivity index (χ0) is 16.9. The van der Waals surface area contributed by atoms with E-state index >= 15 is 0 Å². The number of hydrogen-bond donors (Lipinski definition) is 1. The maximum absolute atomic E-state index is 12.4. The number of para-hydroxylation sites is 1. The minimum Gasteiger partial charge on any atom is -0.370 e. The monoisotopic (exact) mass is 339 g/mol. The molecule has 1 saturated heterocycles. The largest absolute Gasteiger partial charge is 0.370 e. The summed E-state index contributed by atoms with van der Waals surface area (Å²) in [5, 5.41) is 12.8. The maximum atomic E-state index is 12.4. The molecule has 122 valence electrons. The molecule has 0 aromatic heterocycles. The Morgan fingerprint density at radius 1 is 1.17 bits per heavy atom. The molecular weight excluding hydrogens is 322 g/mol. The van der Waals surface area contributed by atoms with Gasteiger partial charge in [-0.25, -0.2) is 0 Å². The number of halogens is 1. The van der Waals surface area contributed by atoms with Gasteiger partial charge in [-0.1, -0.05) is 29.8 Å². The quantitative estimate of drug-likeness (QED) is 0.917. The van der Waals surface area contributed by atoms with Crippen molar-refractivity contribution in [2.24, 2.45) is 5.92 Å². The summed E-state index contributed by atoms with van der Waals surface area (Å²) in [6.45, 7) is 1.51. The van der Waals surface area contributed by atoms with Crippen molar-refractivity contribution < 1.29 is 4.79 Å². The highest BCUT2D eigenvalue weighted by Crippen LogP contribution is 2.28. The number of nitriles is 1. The van der Waals surface area contributed by atoms with Crippen molar-refractivity contribution >= 4 is 28.9 Å². The maximum Gasteiger partial charge on any atom is 0.227 e. The van der Waals surface area contributed by atoms with E-state index in [1.165, 1.54) is 0 Å². The van der Waals surface area contributed by atoms with E-state index in [1.54, 1.807) is 12.1 Å². The number of piperidine rings is 1. The molecule has 2 aromatic rings. The summed E-state index contributed by atoms with van der Waals surface area (Å²) in [6.07, 6.45) is 1.54. The molecule has 5 heteroatoms. The standard InChI is InChI=1S/C19H18ClN3O/c20-16-6-7-18(15(12-16)13-21)23-10-8-14(9-11-23)19(24)22-17-4-2-1-3-5-17/h1-7,12,14H,8-11H2,(H,22,24). The molecule has 0 radical (unpaired) electrons. The second kappa shape index (κ2) is 7.37. The van der Waals surface area contributed by atoms with Gasteiger partial charge in [-0.05, 0) is 43.2 Å². The number of nitrogens with one attached hydrogen (secondary N) is 1. The Labute approximate surface area is 146 Å². The third kappa shape index (κ3) is 3.69. The molecule has 0 spiro atoms. The highest BCUT2D eigenvalue weighted by atomic mass is 35.5. The molecule has 4 nitrogen and oxygen atoms in total. The lowest BCUT2D eigenvalue weighted by molar-refractivity contribution is -0.120. The molecule has 1 N–H and O–H groups in total. The highest BCUT2D eigenvalue weighted by Gasteiger charge is 2.26. The zero-order valence-electron chi connectivity index (χ0n) is 13.2. The molecular formula is C19H18ClN3O. The molecule has 1 aliphatic rings. The fourth-order valence-electron chi connectivity index (χ4n) is 3.02. The predicted octanol–water partition coefficient (Wildman–Crippen LogP) is 4.07. The van der Waals surface area contributed by atoms with Crippen LogP contribution in [0.25, 0.3) is 0 Å². The van der Waals surface area contributed by atoms with Gasteiger partial charge in [0.15, 0.2) is 0 Å². The number of carbonyl (C=O) groups excluding carboxylic acids is 1. The number of rotatable bonds is 3. The number of hydrogen-bond acceptors (Lipinski definition) is 3. The number of carbonyl (C=O) groups is 1. The lowest BCUT2D eigenvalue weighted by Crippen LogP contribution is -2.38. The van der Waals surface area contributed by atoms with Crippen LogP contribution in [0.2, 0.25) is 5.02 Å². The summed E-state index contributed by atoms with van der Waals surface area (Å²) >= 11 is 5.95. The van der Waals surface area contributed by atoms with Crippen LogP contribution in [0.3, 0.4) is 0 Å². The van der Waals surface area contributed by atoms with Crippen LogP contribution in [-0.4, -0.2) is 19.0 Å². The summed E-state index contributed by atoms with van der Waals surface area (Å²) < 4.78 is 0. The van der Waals surface area contributed by atoms with Gasteiger partial charge in [0.2, 0.25) is 5.91 Å². The van der Waals surface area contributed by atoms with Gasteiger partial charge in [-0.15, -0.1) is 0 Å². The Bertz CT molecular complexity index is 762. The number of nitrogens with zero attached hydrogens (tertiary/aromatic N) is 2. The Kier molecular flexibility index (Phi) is 5.02. The Morgan fingerprint density at radius 3 is 2.54 bits per heavy atom. The average molecular weight is 340 g/mol. The zero-order valence-corrected chi connectivity index (χ0v) is 14.0. The van der Waals surface area contributed by atoms with Crippen LogP contribution < -0.4 is 10.2 Å². The van der Waals surface area contributed by atoms with Crippen LogP contribution in [0.5, 0.6) is 0 Å². The molecule has 0 aliphatic carbocycles. The fraction of sp³-hybridized carbons (Fsp3) is 0.263. The Balaban J connectivity index is 1.62. The molecule has 3 rings (SSSR count). The smallest absolute Gasteiger partial charge is 0.227 e. The summed E-state index contributed by atoms with van der Waals surface area (Å²) in [5.41, 5.74) is 2.30. The normalized spacial score (nSPS) is 14.9. The highest BCUT2D eigenvalue weighted by molar-refractivity contribution is 6.30. The van der Waals surface area contributed by atoms with E-state index in [9.17, 15) is 10.1 Å². The van der Waals surface area contributed by atoms with E-state index in [1.807, 2.05) is 36.4 Å². The molecule has 0 bridgehead atoms. The summed E-state index contributed by atoms with van der Waals surface area (Å²) in [5.74, 6) is 0.0664. The van der Waals surface area contributed by atoms with Gasteiger partial charge in [0.05, 0.1) is 11.3 Å². The first-order valence-corrected chi connectivity index (χ1v) is 8.35. The number of benzene rings is 2. The molecule has 0 unspecified atom stereocenters. The van der Waals surface area contributed by atoms with Crippen LogP contribution >= 0.6 is 11.6 Å². The van der Waals surface area contributed by atoms with Crippen LogP contribution in [-0.2, 0) is 4.79 Å². The molecule has 0 atom stereocenters. The van der Waals surface area contributed by atoms with Gasteiger partial charge in [0.1, 0.15) is 6.07 Å². The van der Waals surface area contributed by atoms with Gasteiger partial charge in [0, 0.05) is 29.7 Å². The lowest BCUT2D eigenvalue weighted by Gasteiger charge is -2.33. The topological polar surface area (TPSA) is 56.1 Å². The number of anilines is 2. The minimum absolute atomic E-state index is 0.000656. The van der Waals surface area contributed by atoms with Crippen molar-refractivity contribution in [1.82, 2.24) is 0 Å². The van der Waals surface area contributed by atoms with Crippen molar-refractivity contribution in [3.63, 3.8) is 0 Å². The molecule has 1 aliphatic heterocycles. The van der Waals surface area contributed by atoms with Crippen LogP contribution in [0, 0.1) is 17.2 Å². The van der Waals surface area contributed by atoms with Gasteiger partial charge in [-0.3, -0.25) is 4.79 Å². The third-order valence-corrected chi connectivity index (χ3v) is 4.56. The van der Waals surface area contributed by atoms with Gasteiger partial charge >= 0.3 is 0 Å². The van der Waals surface area contributed by atoms with Crippen molar-refractivity contribution in [2.45, 2.75) is 12.8 Å². The Morgan fingerprint density at radius 2 is 1.88 bits per heavy atom. The Hall–Kier alpha value is -2.51. The van der Waals surface area contributed by atoms with Gasteiger partial charge in [-0.2, -0.15) is 5.26 Å². The summed E-state index contributed by atoms with van der Waals surface area (Å²) in [7, 11) is 0. The van der Waals surface area contributed by atoms with Crippen LogP contribution in [0.1, 0.15) is 18.4 Å². The number of amides is 1. The van der Waals surface area contributed by atoms with Crippen LogP contribution in [0.15, 0.2) is 48.5 Å². The first-order valence-electron chi connectivity index (χ1n) is 7.98. The molecule has 0 saturated carbocycles. The van der Waals surface area contributed by atoms with E-state index in [0.29, 0.717) is 10.6 Å². The van der Waals surface area contributed by atoms with Gasteiger partial charge < -0.3 is 10.2 Å². The fourth-order valence-corrected chi connectivity index (χ4v) is 3.19. The average Bonchev–Trinajstić information content (AvgIpc) is 2.62. The van der Waals surface area contributed by atoms with E-state index in [0.717, 1.165) is 37.3 Å². The van der Waals surface area contributed by atoms with Crippen molar-refractivity contribution in [2.75, 3.05) is 23.3 Å². The third-order valence-electron chi connectivity index (χ3n) is 4.33. The van der Waals surface area contributed by atoms with E-state index < -0.39 is 0 Å². The lowest BCUT2D eigenvalue weighted by atomic mass is 9.95. The summed E-state index contributed by atoms with van der Waals surface area (Å²) in [4.78, 5) is 14.5. The van der Waals surface area contributed by atoms with E-state index in [2.05, 4.69) is 16.3 Å². The van der Waals surface area contributed by atoms with Crippen molar-refractivity contribution in [3.8, 4) is 6.07 Å². The van der Waals surface area contributed by atoms with Crippen LogP contribution in [0.4, 0.5) is 11.4 Å². The first-order chi connectivity index (χ1) is 11.7. The SMILES string of the molecule is N#Cc1cc(Cl)ccc1N1CCC(C(=O)Nc2ccccc2)CC1. The molecule has 2 aromatic carbocycles. The van der Waals surface area contributed by atoms with Crippen molar-refractivity contribution in [1.29, 1.82) is 5.26 Å². The van der Waals surface area contributed by atoms with E-state index in [4.69, 9.17) is 11.6 Å². The van der Waals surface area contributed by atoms with E-state index in [-0.39, 0.29) is 11.8 Å². The molecule has 1 heterocycles. The molecule has 1 fully saturated rings. The second-order valence-corrected chi connectivity index (χ2v) is 6.33. The second-order valence-electron chi connectivity index (χ2n) is 5.89. The minimum atomic E-state index is -0.000656. The molecule has 1 amide bonds. The summed E-state index contributed by atoms with van der Waals surface area (Å²) in [6, 6.07) is 17.1. The molecule has 24 heavy (non-hydrogen) atoms.